The number of anilines is 1. The van der Waals surface area contributed by atoms with E-state index in [1.807, 2.05) is 17.1 Å². The third kappa shape index (κ3) is 3.89. The zero-order valence-corrected chi connectivity index (χ0v) is 15.4. The van der Waals surface area contributed by atoms with Gasteiger partial charge in [0, 0.05) is 28.2 Å². The van der Waals surface area contributed by atoms with Gasteiger partial charge in [0.25, 0.3) is 0 Å². The fourth-order valence-corrected chi connectivity index (χ4v) is 6.55. The molecule has 0 aromatic carbocycles. The maximum atomic E-state index is 12.2. The fourth-order valence-electron chi connectivity index (χ4n) is 1.79. The zero-order valence-electron chi connectivity index (χ0n) is 10.6. The Hall–Kier alpha value is 0.0800. The summed E-state index contributed by atoms with van der Waals surface area (Å²) in [6, 6.07) is 1.79. The number of thiazole rings is 1. The molecule has 0 radical (unpaired) electrons. The Morgan fingerprint density at radius 1 is 1.38 bits per heavy atom. The van der Waals surface area contributed by atoms with E-state index in [1.165, 1.54) is 22.7 Å². The fraction of sp³-hybridized carbons (Fsp3) is 0.333. The Bertz CT molecular complexity index is 651. The Labute approximate surface area is 148 Å². The highest BCUT2D eigenvalue weighted by Crippen LogP contribution is 2.39. The van der Waals surface area contributed by atoms with Crippen molar-refractivity contribution in [1.29, 1.82) is 0 Å². The number of nitrogens with zero attached hydrogens (tertiary/aromatic N) is 1. The summed E-state index contributed by atoms with van der Waals surface area (Å²) in [5.41, 5.74) is 1.56. The number of halogens is 2. The molecule has 1 fully saturated rings. The number of carbonyl (C=O) groups is 1. The summed E-state index contributed by atoms with van der Waals surface area (Å²) >= 11 is 18.3. The van der Waals surface area contributed by atoms with Gasteiger partial charge in [-0.3, -0.25) is 4.79 Å². The van der Waals surface area contributed by atoms with E-state index in [0.29, 0.717) is 13.8 Å². The molecular formula is C12H10Cl2N2OS4. The predicted octanol–water partition coefficient (Wildman–Crippen LogP) is 4.97. The van der Waals surface area contributed by atoms with Crippen LogP contribution in [0.4, 0.5) is 5.13 Å². The monoisotopic (exact) mass is 396 g/mol. The van der Waals surface area contributed by atoms with E-state index in [1.54, 1.807) is 17.8 Å². The smallest absolute Gasteiger partial charge is 0.240 e. The molecule has 21 heavy (non-hydrogen) atoms. The van der Waals surface area contributed by atoms with Crippen molar-refractivity contribution < 1.29 is 4.79 Å². The van der Waals surface area contributed by atoms with Crippen molar-refractivity contribution in [1.82, 2.24) is 4.98 Å². The van der Waals surface area contributed by atoms with Gasteiger partial charge in [-0.05, 0) is 6.07 Å². The van der Waals surface area contributed by atoms with E-state index in [-0.39, 0.29) is 11.2 Å². The molecule has 0 aliphatic carbocycles. The SMILES string of the molecule is O=C(Nc1nc(-c2cc(Cl)sc2Cl)cs1)C1CSCCS1. The van der Waals surface area contributed by atoms with Gasteiger partial charge in [-0.2, -0.15) is 11.8 Å². The summed E-state index contributed by atoms with van der Waals surface area (Å²) in [4.78, 5) is 16.6. The lowest BCUT2D eigenvalue weighted by Crippen LogP contribution is -2.30. The van der Waals surface area contributed by atoms with Crippen molar-refractivity contribution >= 4 is 80.4 Å². The number of rotatable bonds is 3. The van der Waals surface area contributed by atoms with Gasteiger partial charge in [0.2, 0.25) is 5.91 Å². The Morgan fingerprint density at radius 3 is 2.90 bits per heavy atom. The number of carbonyl (C=O) groups excluding carboxylic acids is 1. The first-order chi connectivity index (χ1) is 10.1. The van der Waals surface area contributed by atoms with Gasteiger partial charge in [0.15, 0.2) is 5.13 Å². The number of amides is 1. The lowest BCUT2D eigenvalue weighted by Gasteiger charge is -2.19. The van der Waals surface area contributed by atoms with E-state index >= 15 is 0 Å². The Morgan fingerprint density at radius 2 is 2.24 bits per heavy atom. The molecule has 1 saturated heterocycles. The van der Waals surface area contributed by atoms with E-state index in [2.05, 4.69) is 10.3 Å². The maximum Gasteiger partial charge on any atom is 0.240 e. The lowest BCUT2D eigenvalue weighted by atomic mass is 10.3. The quantitative estimate of drug-likeness (QED) is 0.795. The minimum atomic E-state index is 0.00952. The van der Waals surface area contributed by atoms with Gasteiger partial charge >= 0.3 is 0 Å². The molecule has 1 aliphatic heterocycles. The molecule has 112 valence electrons. The molecule has 9 heteroatoms. The zero-order chi connectivity index (χ0) is 14.8. The first-order valence-corrected chi connectivity index (χ1v) is 10.7. The second kappa shape index (κ2) is 7.10. The average molecular weight is 397 g/mol. The predicted molar refractivity (Wildman–Crippen MR) is 97.6 cm³/mol. The van der Waals surface area contributed by atoms with Gasteiger partial charge < -0.3 is 5.32 Å². The third-order valence-electron chi connectivity index (χ3n) is 2.78. The van der Waals surface area contributed by atoms with Crippen LogP contribution in [-0.2, 0) is 4.79 Å². The topological polar surface area (TPSA) is 42.0 Å². The summed E-state index contributed by atoms with van der Waals surface area (Å²) in [6.07, 6.45) is 0. The second-order valence-electron chi connectivity index (χ2n) is 4.20. The number of aromatic nitrogens is 1. The summed E-state index contributed by atoms with van der Waals surface area (Å²) in [5.74, 6) is 3.03. The molecule has 0 saturated carbocycles. The number of hydrogen-bond acceptors (Lipinski definition) is 6. The number of nitrogens with one attached hydrogen (secondary N) is 1. The van der Waals surface area contributed by atoms with Crippen LogP contribution in [0.1, 0.15) is 0 Å². The van der Waals surface area contributed by atoms with Crippen LogP contribution in [0.5, 0.6) is 0 Å². The van der Waals surface area contributed by atoms with Crippen molar-refractivity contribution in [3.8, 4) is 11.3 Å². The Kier molecular flexibility index (Phi) is 5.40. The highest BCUT2D eigenvalue weighted by Gasteiger charge is 2.23. The van der Waals surface area contributed by atoms with Crippen LogP contribution in [0, 0.1) is 0 Å². The molecule has 0 bridgehead atoms. The first-order valence-electron chi connectivity index (χ1n) is 6.04. The largest absolute Gasteiger partial charge is 0.301 e. The first kappa shape index (κ1) is 16.0. The summed E-state index contributed by atoms with van der Waals surface area (Å²) in [7, 11) is 0. The summed E-state index contributed by atoms with van der Waals surface area (Å²) in [6.45, 7) is 0. The van der Waals surface area contributed by atoms with E-state index in [4.69, 9.17) is 23.2 Å². The van der Waals surface area contributed by atoms with Crippen molar-refractivity contribution in [2.75, 3.05) is 22.6 Å². The lowest BCUT2D eigenvalue weighted by molar-refractivity contribution is -0.115. The van der Waals surface area contributed by atoms with Crippen LogP contribution in [0.25, 0.3) is 11.3 Å². The van der Waals surface area contributed by atoms with Gasteiger partial charge in [-0.25, -0.2) is 4.98 Å². The molecule has 3 heterocycles. The summed E-state index contributed by atoms with van der Waals surface area (Å²) < 4.78 is 1.24. The van der Waals surface area contributed by atoms with Crippen LogP contribution in [0.15, 0.2) is 11.4 Å². The number of thiophene rings is 1. The molecule has 2 aromatic heterocycles. The van der Waals surface area contributed by atoms with Crippen LogP contribution in [0.2, 0.25) is 8.67 Å². The third-order valence-corrected chi connectivity index (χ3v) is 7.77. The van der Waals surface area contributed by atoms with Crippen LogP contribution < -0.4 is 5.32 Å². The van der Waals surface area contributed by atoms with Crippen molar-refractivity contribution in [2.24, 2.45) is 0 Å². The molecule has 1 atom stereocenters. The molecule has 2 aromatic rings. The molecule has 1 amide bonds. The molecule has 1 aliphatic rings. The van der Waals surface area contributed by atoms with Crippen LogP contribution in [0.3, 0.4) is 0 Å². The summed E-state index contributed by atoms with van der Waals surface area (Å²) in [5, 5.41) is 5.38. The van der Waals surface area contributed by atoms with Gasteiger partial charge in [0.05, 0.1) is 15.3 Å². The molecule has 3 nitrogen and oxygen atoms in total. The van der Waals surface area contributed by atoms with E-state index in [0.717, 1.165) is 28.5 Å². The average Bonchev–Trinajstić information content (AvgIpc) is 3.06. The molecule has 1 unspecified atom stereocenters. The minimum Gasteiger partial charge on any atom is -0.301 e. The highest BCUT2D eigenvalue weighted by atomic mass is 35.5. The standard InChI is InChI=1S/C12H10Cl2N2OS4/c13-9-3-6(10(14)21-9)7-4-20-12(15-7)16-11(17)8-5-18-1-2-19-8/h3-4,8H,1-2,5H2,(H,15,16,17). The maximum absolute atomic E-state index is 12.2. The molecular weight excluding hydrogens is 387 g/mol. The molecule has 1 N–H and O–H groups in total. The normalized spacial score (nSPS) is 18.7. The van der Waals surface area contributed by atoms with E-state index < -0.39 is 0 Å². The molecule has 0 spiro atoms. The van der Waals surface area contributed by atoms with Crippen molar-refractivity contribution in [2.45, 2.75) is 5.25 Å². The minimum absolute atomic E-state index is 0.00952. The molecule has 3 rings (SSSR count). The van der Waals surface area contributed by atoms with Gasteiger partial charge in [-0.1, -0.05) is 23.2 Å². The van der Waals surface area contributed by atoms with Crippen molar-refractivity contribution in [3.63, 3.8) is 0 Å². The van der Waals surface area contributed by atoms with Crippen LogP contribution in [-0.4, -0.2) is 33.4 Å². The van der Waals surface area contributed by atoms with Gasteiger partial charge in [0.1, 0.15) is 4.34 Å². The Balaban J connectivity index is 1.70. The highest BCUT2D eigenvalue weighted by molar-refractivity contribution is 8.07. The van der Waals surface area contributed by atoms with Crippen molar-refractivity contribution in [3.05, 3.63) is 20.1 Å². The second-order valence-corrected chi connectivity index (χ2v) is 9.80. The van der Waals surface area contributed by atoms with Gasteiger partial charge in [-0.15, -0.1) is 34.4 Å². The number of thioether (sulfide) groups is 2. The van der Waals surface area contributed by atoms with E-state index in [9.17, 15) is 4.79 Å². The number of hydrogen-bond donors (Lipinski definition) is 1. The van der Waals surface area contributed by atoms with Crippen LogP contribution >= 0.6 is 69.4 Å².